The first-order valence-electron chi connectivity index (χ1n) is 20.3. The molecule has 2 heterocycles. The number of alkyl halides is 3. The maximum Gasteiger partial charge on any atom is 0.471 e. The van der Waals surface area contributed by atoms with Gasteiger partial charge in [0.1, 0.15) is 5.82 Å². The molecule has 0 radical (unpaired) electrons. The van der Waals surface area contributed by atoms with E-state index in [-0.39, 0.29) is 29.6 Å². The van der Waals surface area contributed by atoms with Crippen LogP contribution in [0.5, 0.6) is 0 Å². The van der Waals surface area contributed by atoms with E-state index >= 15 is 0 Å². The van der Waals surface area contributed by atoms with E-state index in [4.69, 9.17) is 14.9 Å². The number of carbonyl (C=O) groups excluding carboxylic acids is 1. The molecule has 6 aromatic rings. The lowest BCUT2D eigenvalue weighted by Gasteiger charge is -2.51. The molecule has 0 aliphatic carbocycles. The number of aromatic nitrogens is 2. The van der Waals surface area contributed by atoms with Crippen LogP contribution in [-0.2, 0) is 19.5 Å². The number of hydrogen-bond acceptors (Lipinski definition) is 7. The number of nitrogen functional groups attached to an aromatic ring is 1. The van der Waals surface area contributed by atoms with Crippen molar-refractivity contribution in [2.75, 3.05) is 32.0 Å². The average Bonchev–Trinajstić information content (AvgIpc) is 3.27. The summed E-state index contributed by atoms with van der Waals surface area (Å²) in [6.07, 6.45) is -5.25. The molecular weight excluding hydrogens is 808 g/mol. The van der Waals surface area contributed by atoms with Gasteiger partial charge in [0, 0.05) is 19.3 Å². The third-order valence-corrected chi connectivity index (χ3v) is 16.2. The van der Waals surface area contributed by atoms with Crippen LogP contribution in [0.25, 0.3) is 0 Å². The van der Waals surface area contributed by atoms with E-state index in [1.54, 1.807) is 5.32 Å². The number of benzene rings is 5. The summed E-state index contributed by atoms with van der Waals surface area (Å²) < 4.78 is 54.3. The summed E-state index contributed by atoms with van der Waals surface area (Å²) in [5.41, 5.74) is 7.59. The zero-order chi connectivity index (χ0) is 44.0. The molecule has 3 N–H and O–H groups in total. The van der Waals surface area contributed by atoms with Crippen molar-refractivity contribution in [2.24, 2.45) is 0 Å². The van der Waals surface area contributed by atoms with Crippen molar-refractivity contribution in [1.29, 1.82) is 0 Å². The zero-order valence-electron chi connectivity index (χ0n) is 34.7. The Morgan fingerprint density at radius 1 is 0.790 bits per heavy atom. The number of halogens is 3. The zero-order valence-corrected chi connectivity index (χ0v) is 35.7. The Hall–Kier alpha value is -6.30. The van der Waals surface area contributed by atoms with Crippen LogP contribution in [0.3, 0.4) is 0 Å². The third-order valence-electron chi connectivity index (χ3n) is 11.2. The molecule has 2 atom stereocenters. The van der Waals surface area contributed by atoms with Gasteiger partial charge < -0.3 is 20.2 Å². The molecule has 1 amide bonds. The number of anilines is 1. The molecule has 13 heteroatoms. The van der Waals surface area contributed by atoms with Crippen molar-refractivity contribution in [2.45, 2.75) is 49.9 Å². The summed E-state index contributed by atoms with van der Waals surface area (Å²) in [6.45, 7) is 6.70. The number of carbonyl (C=O) groups is 1. The molecule has 7 rings (SSSR count). The van der Waals surface area contributed by atoms with Gasteiger partial charge >= 0.3 is 17.8 Å². The first kappa shape index (κ1) is 43.8. The van der Waals surface area contributed by atoms with Gasteiger partial charge in [-0.15, -0.1) is 0 Å². The van der Waals surface area contributed by atoms with Gasteiger partial charge in [0.2, 0.25) is 0 Å². The molecule has 9 nitrogen and oxygen atoms in total. The minimum absolute atomic E-state index is 0.0761. The Kier molecular flexibility index (Phi) is 13.0. The number of nitrogens with zero attached hydrogens (tertiary/aromatic N) is 3. The van der Waals surface area contributed by atoms with E-state index in [1.807, 2.05) is 91.0 Å². The van der Waals surface area contributed by atoms with Crippen molar-refractivity contribution in [3.05, 3.63) is 191 Å². The van der Waals surface area contributed by atoms with E-state index in [2.05, 4.69) is 103 Å². The molecule has 1 saturated heterocycles. The van der Waals surface area contributed by atoms with Crippen LogP contribution in [-0.4, -0.2) is 67.2 Å². The fourth-order valence-electron chi connectivity index (χ4n) is 8.55. The second kappa shape index (κ2) is 18.4. The molecule has 1 fully saturated rings. The number of nitrogens with one attached hydrogen (secondary N) is 1. The second-order valence-electron chi connectivity index (χ2n) is 16.1. The largest absolute Gasteiger partial charge is 0.471 e. The van der Waals surface area contributed by atoms with Crippen LogP contribution in [0.1, 0.15) is 49.3 Å². The van der Waals surface area contributed by atoms with E-state index in [0.29, 0.717) is 6.54 Å². The van der Waals surface area contributed by atoms with Crippen LogP contribution in [0.2, 0.25) is 5.04 Å². The van der Waals surface area contributed by atoms with Gasteiger partial charge in [-0.2, -0.15) is 18.2 Å². The van der Waals surface area contributed by atoms with Crippen LogP contribution in [0.15, 0.2) is 163 Å². The Morgan fingerprint density at radius 2 is 1.26 bits per heavy atom. The number of morpholine rings is 1. The van der Waals surface area contributed by atoms with Crippen molar-refractivity contribution in [3.63, 3.8) is 0 Å². The van der Waals surface area contributed by atoms with Gasteiger partial charge in [0.05, 0.1) is 30.4 Å². The number of ether oxygens (including phenoxy) is 1. The van der Waals surface area contributed by atoms with Gasteiger partial charge in [0.25, 0.3) is 8.32 Å². The van der Waals surface area contributed by atoms with Crippen molar-refractivity contribution >= 4 is 30.4 Å². The molecule has 0 saturated carbocycles. The molecule has 0 unspecified atom stereocenters. The summed E-state index contributed by atoms with van der Waals surface area (Å²) in [4.78, 5) is 31.7. The van der Waals surface area contributed by atoms with E-state index in [9.17, 15) is 22.8 Å². The van der Waals surface area contributed by atoms with Crippen LogP contribution in [0.4, 0.5) is 19.0 Å². The van der Waals surface area contributed by atoms with Crippen molar-refractivity contribution in [1.82, 2.24) is 19.8 Å². The topological polar surface area (TPSA) is 112 Å². The summed E-state index contributed by atoms with van der Waals surface area (Å²) >= 11 is 0. The monoisotopic (exact) mass is 855 g/mol. The number of amides is 1. The predicted octanol–water partition coefficient (Wildman–Crippen LogP) is 6.62. The van der Waals surface area contributed by atoms with Gasteiger partial charge in [-0.3, -0.25) is 14.3 Å². The summed E-state index contributed by atoms with van der Waals surface area (Å²) in [5, 5.41) is 3.59. The van der Waals surface area contributed by atoms with Gasteiger partial charge in [-0.05, 0) is 32.1 Å². The van der Waals surface area contributed by atoms with E-state index in [0.717, 1.165) is 27.1 Å². The molecular formula is C49H48F3N5O4Si. The van der Waals surface area contributed by atoms with Crippen LogP contribution < -0.4 is 27.1 Å². The Balaban J connectivity index is 1.38. The molecule has 1 aromatic heterocycles. The molecule has 1 aliphatic heterocycles. The van der Waals surface area contributed by atoms with Crippen molar-refractivity contribution in [3.8, 4) is 11.8 Å². The lowest BCUT2D eigenvalue weighted by atomic mass is 9.75. The maximum atomic E-state index is 13.9. The summed E-state index contributed by atoms with van der Waals surface area (Å²) in [6, 6.07) is 51.2. The van der Waals surface area contributed by atoms with Gasteiger partial charge in [0.15, 0.2) is 6.23 Å². The lowest BCUT2D eigenvalue weighted by Crippen LogP contribution is -2.67. The first-order chi connectivity index (χ1) is 29.7. The second-order valence-corrected chi connectivity index (χ2v) is 20.4. The van der Waals surface area contributed by atoms with Crippen LogP contribution >= 0.6 is 0 Å². The predicted molar refractivity (Wildman–Crippen MR) is 237 cm³/mol. The Morgan fingerprint density at radius 3 is 1.71 bits per heavy atom. The highest BCUT2D eigenvalue weighted by Crippen LogP contribution is 2.45. The summed E-state index contributed by atoms with van der Waals surface area (Å²) in [5.74, 6) is 2.85. The Labute approximate surface area is 360 Å². The molecule has 62 heavy (non-hydrogen) atoms. The number of hydrogen-bond donors (Lipinski definition) is 2. The fraction of sp³-hybridized carbons (Fsp3) is 0.245. The third kappa shape index (κ3) is 8.86. The molecule has 318 valence electrons. The molecule has 0 bridgehead atoms. The standard InChI is InChI=1S/C49H48F3N5O4Si/c1-47(2,3)62(41-27-15-7-16-28-41,42-29-17-8-18-30-42)60-35-40-33-56(48(37-21-9-4-10-22-37,38-23-11-5-12-24-38)39-25-13-6-14-26-39)34-43(61-40)57-32-36(44(53)55-46(57)59)20-19-31-54-45(58)49(50,51)52/h4-18,21-30,32,40,43H,31,33-35H2,1-3H3,(H,54,58)(H2,53,55,59)/t40-,43+/m0/s1. The van der Waals surface area contributed by atoms with Crippen molar-refractivity contribution < 1.29 is 27.1 Å². The molecule has 5 aromatic carbocycles. The highest BCUT2D eigenvalue weighted by atomic mass is 28.4. The van der Waals surface area contributed by atoms with Gasteiger partial charge in [-0.25, -0.2) is 4.79 Å². The highest BCUT2D eigenvalue weighted by Gasteiger charge is 2.52. The molecule has 1 aliphatic rings. The molecule has 0 spiro atoms. The van der Waals surface area contributed by atoms with E-state index < -0.39 is 50.5 Å². The minimum Gasteiger partial charge on any atom is -0.405 e. The van der Waals surface area contributed by atoms with Gasteiger partial charge in [-0.1, -0.05) is 184 Å². The smallest absolute Gasteiger partial charge is 0.405 e. The van der Waals surface area contributed by atoms with Crippen LogP contribution in [0, 0.1) is 11.8 Å². The summed E-state index contributed by atoms with van der Waals surface area (Å²) in [7, 11) is -3.07. The average molecular weight is 856 g/mol. The minimum atomic E-state index is -5.06. The SMILES string of the molecule is CC(C)(C)[Si](OC[C@@H]1CN(C(c2ccccc2)(c2ccccc2)c2ccccc2)C[C@H](n2cc(C#CCNC(=O)C(F)(F)F)c(N)nc2=O)O1)(c1ccccc1)c1ccccc1. The number of nitrogens with two attached hydrogens (primary N) is 1. The fourth-order valence-corrected chi connectivity index (χ4v) is 13.1. The number of rotatable bonds is 11. The quantitative estimate of drug-likeness (QED) is 0.0857. The lowest BCUT2D eigenvalue weighted by molar-refractivity contribution is -0.173. The highest BCUT2D eigenvalue weighted by molar-refractivity contribution is 6.99. The Bertz CT molecular complexity index is 2430. The first-order valence-corrected chi connectivity index (χ1v) is 22.2. The van der Waals surface area contributed by atoms with E-state index in [1.165, 1.54) is 10.8 Å². The maximum absolute atomic E-state index is 13.9. The normalized spacial score (nSPS) is 16.2.